The number of ether oxygens (including phenoxy) is 2. The van der Waals surface area contributed by atoms with Gasteiger partial charge in [-0.2, -0.15) is 0 Å². The number of hydrogen-bond donors (Lipinski definition) is 0. The molecular formula is C13H13BrO4. The molecule has 1 unspecified atom stereocenters. The fraction of sp³-hybridized carbons (Fsp3) is 0.385. The molecular weight excluding hydrogens is 300 g/mol. The largest absolute Gasteiger partial charge is 0.457 e. The number of halogens is 1. The second-order valence-corrected chi connectivity index (χ2v) is 4.67. The van der Waals surface area contributed by atoms with Gasteiger partial charge in [0.15, 0.2) is 0 Å². The number of benzene rings is 1. The first-order valence-corrected chi connectivity index (χ1v) is 6.79. The summed E-state index contributed by atoms with van der Waals surface area (Å²) in [5.41, 5.74) is 2.07. The summed E-state index contributed by atoms with van der Waals surface area (Å²) in [7, 11) is 0. The molecule has 0 saturated heterocycles. The van der Waals surface area contributed by atoms with E-state index >= 15 is 0 Å². The van der Waals surface area contributed by atoms with E-state index in [2.05, 4.69) is 15.9 Å². The number of hydrogen-bond acceptors (Lipinski definition) is 4. The van der Waals surface area contributed by atoms with Crippen molar-refractivity contribution in [1.29, 1.82) is 0 Å². The van der Waals surface area contributed by atoms with E-state index in [-0.39, 0.29) is 23.4 Å². The van der Waals surface area contributed by atoms with Gasteiger partial charge in [-0.1, -0.05) is 22.0 Å². The van der Waals surface area contributed by atoms with Crippen LogP contribution in [-0.2, 0) is 20.7 Å². The van der Waals surface area contributed by atoms with Crippen LogP contribution in [0.4, 0.5) is 0 Å². The van der Waals surface area contributed by atoms with Gasteiger partial charge in [0.2, 0.25) is 0 Å². The van der Waals surface area contributed by atoms with Crippen molar-refractivity contribution < 1.29 is 19.1 Å². The minimum Gasteiger partial charge on any atom is -0.457 e. The summed E-state index contributed by atoms with van der Waals surface area (Å²) in [5, 5.41) is 0.199. The highest BCUT2D eigenvalue weighted by Crippen LogP contribution is 2.36. The van der Waals surface area contributed by atoms with Crippen LogP contribution >= 0.6 is 15.9 Å². The average molecular weight is 313 g/mol. The first kappa shape index (κ1) is 13.1. The fourth-order valence-electron chi connectivity index (χ4n) is 2.10. The smallest absolute Gasteiger partial charge is 0.317 e. The average Bonchev–Trinajstić information content (AvgIpc) is 2.71. The van der Waals surface area contributed by atoms with Crippen LogP contribution < -0.4 is 4.74 Å². The highest BCUT2D eigenvalue weighted by Gasteiger charge is 2.25. The van der Waals surface area contributed by atoms with Crippen molar-refractivity contribution in [3.63, 3.8) is 0 Å². The first-order chi connectivity index (χ1) is 8.60. The molecule has 1 aliphatic carbocycles. The zero-order valence-electron chi connectivity index (χ0n) is 9.94. The Morgan fingerprint density at radius 1 is 1.44 bits per heavy atom. The van der Waals surface area contributed by atoms with Crippen molar-refractivity contribution in [2.45, 2.75) is 25.9 Å². The van der Waals surface area contributed by atoms with Crippen LogP contribution in [0.2, 0.25) is 0 Å². The van der Waals surface area contributed by atoms with Crippen molar-refractivity contribution >= 4 is 27.9 Å². The topological polar surface area (TPSA) is 52.6 Å². The lowest BCUT2D eigenvalue weighted by Gasteiger charge is -2.12. The SMILES string of the molecule is CC(=O)Oc1ccc2c(c1)CCC2OC(=O)CBr. The lowest BCUT2D eigenvalue weighted by molar-refractivity contribution is -0.145. The molecule has 1 aromatic rings. The summed E-state index contributed by atoms with van der Waals surface area (Å²) in [5.74, 6) is -0.0687. The highest BCUT2D eigenvalue weighted by molar-refractivity contribution is 9.09. The van der Waals surface area contributed by atoms with E-state index in [4.69, 9.17) is 9.47 Å². The molecule has 0 aromatic heterocycles. The van der Waals surface area contributed by atoms with Gasteiger partial charge in [0.25, 0.3) is 0 Å². The fourth-order valence-corrected chi connectivity index (χ4v) is 2.23. The Hall–Kier alpha value is -1.36. The van der Waals surface area contributed by atoms with Crippen LogP contribution in [0.5, 0.6) is 5.75 Å². The standard InChI is InChI=1S/C13H13BrO4/c1-8(15)17-10-3-4-11-9(6-10)2-5-12(11)18-13(16)7-14/h3-4,6,12H,2,5,7H2,1H3. The highest BCUT2D eigenvalue weighted by atomic mass is 79.9. The zero-order chi connectivity index (χ0) is 13.1. The van der Waals surface area contributed by atoms with Crippen molar-refractivity contribution in [2.75, 3.05) is 5.33 Å². The normalized spacial score (nSPS) is 17.1. The summed E-state index contributed by atoms with van der Waals surface area (Å²) >= 11 is 3.07. The van der Waals surface area contributed by atoms with Crippen LogP contribution in [0.15, 0.2) is 18.2 Å². The van der Waals surface area contributed by atoms with Crippen LogP contribution in [-0.4, -0.2) is 17.3 Å². The van der Waals surface area contributed by atoms with E-state index < -0.39 is 0 Å². The van der Waals surface area contributed by atoms with Crippen molar-refractivity contribution in [3.8, 4) is 5.75 Å². The maximum Gasteiger partial charge on any atom is 0.317 e. The molecule has 0 N–H and O–H groups in total. The molecule has 4 nitrogen and oxygen atoms in total. The molecule has 0 aliphatic heterocycles. The second kappa shape index (κ2) is 5.52. The second-order valence-electron chi connectivity index (χ2n) is 4.11. The van der Waals surface area contributed by atoms with E-state index in [1.807, 2.05) is 12.1 Å². The molecule has 18 heavy (non-hydrogen) atoms. The van der Waals surface area contributed by atoms with E-state index in [1.54, 1.807) is 6.07 Å². The van der Waals surface area contributed by atoms with Gasteiger partial charge in [0.05, 0.1) is 0 Å². The van der Waals surface area contributed by atoms with Gasteiger partial charge in [-0.05, 0) is 36.1 Å². The van der Waals surface area contributed by atoms with Crippen molar-refractivity contribution in [3.05, 3.63) is 29.3 Å². The van der Waals surface area contributed by atoms with Crippen LogP contribution in [0, 0.1) is 0 Å². The summed E-state index contributed by atoms with van der Waals surface area (Å²) in [4.78, 5) is 22.1. The van der Waals surface area contributed by atoms with Gasteiger partial charge in [0.1, 0.15) is 17.2 Å². The molecule has 1 atom stereocenters. The third-order valence-electron chi connectivity index (χ3n) is 2.78. The van der Waals surface area contributed by atoms with Gasteiger partial charge in [-0.15, -0.1) is 0 Å². The Morgan fingerprint density at radius 3 is 2.89 bits per heavy atom. The number of alkyl halides is 1. The summed E-state index contributed by atoms with van der Waals surface area (Å²) < 4.78 is 10.3. The molecule has 0 radical (unpaired) electrons. The summed E-state index contributed by atoms with van der Waals surface area (Å²) in [6, 6.07) is 5.41. The van der Waals surface area contributed by atoms with E-state index in [9.17, 15) is 9.59 Å². The van der Waals surface area contributed by atoms with E-state index in [0.717, 1.165) is 24.0 Å². The molecule has 0 amide bonds. The lowest BCUT2D eigenvalue weighted by Crippen LogP contribution is -2.10. The molecule has 0 heterocycles. The van der Waals surface area contributed by atoms with Gasteiger partial charge in [-0.3, -0.25) is 9.59 Å². The first-order valence-electron chi connectivity index (χ1n) is 5.67. The molecule has 96 valence electrons. The van der Waals surface area contributed by atoms with Crippen molar-refractivity contribution in [1.82, 2.24) is 0 Å². The van der Waals surface area contributed by atoms with Crippen LogP contribution in [0.3, 0.4) is 0 Å². The van der Waals surface area contributed by atoms with E-state index in [1.165, 1.54) is 6.92 Å². The van der Waals surface area contributed by atoms with Crippen molar-refractivity contribution in [2.24, 2.45) is 0 Å². The molecule has 1 aliphatic rings. The number of carbonyl (C=O) groups is 2. The monoisotopic (exact) mass is 312 g/mol. The Labute approximate surface area is 113 Å². The van der Waals surface area contributed by atoms with Crippen LogP contribution in [0.25, 0.3) is 0 Å². The van der Waals surface area contributed by atoms with E-state index in [0.29, 0.717) is 5.75 Å². The third-order valence-corrected chi connectivity index (χ3v) is 3.24. The van der Waals surface area contributed by atoms with Gasteiger partial charge < -0.3 is 9.47 Å². The Bertz CT molecular complexity index is 484. The Morgan fingerprint density at radius 2 is 2.22 bits per heavy atom. The number of rotatable bonds is 3. The van der Waals surface area contributed by atoms with Crippen LogP contribution in [0.1, 0.15) is 30.6 Å². The lowest BCUT2D eigenvalue weighted by atomic mass is 10.1. The third kappa shape index (κ3) is 2.90. The number of aryl methyl sites for hydroxylation is 1. The maximum atomic E-state index is 11.3. The Kier molecular flexibility index (Phi) is 4.01. The predicted molar refractivity (Wildman–Crippen MR) is 68.7 cm³/mol. The summed E-state index contributed by atoms with van der Waals surface area (Å²) in [6.07, 6.45) is 1.42. The van der Waals surface area contributed by atoms with Gasteiger partial charge >= 0.3 is 11.9 Å². The molecule has 0 spiro atoms. The number of fused-ring (bicyclic) bond motifs is 1. The minimum absolute atomic E-state index is 0.184. The maximum absolute atomic E-state index is 11.3. The molecule has 5 heteroatoms. The van der Waals surface area contributed by atoms with Gasteiger partial charge in [-0.25, -0.2) is 0 Å². The molecule has 0 fully saturated rings. The quantitative estimate of drug-likeness (QED) is 0.489. The molecule has 1 aromatic carbocycles. The Balaban J connectivity index is 2.14. The molecule has 0 bridgehead atoms. The zero-order valence-corrected chi connectivity index (χ0v) is 11.5. The van der Waals surface area contributed by atoms with Gasteiger partial charge in [0, 0.05) is 6.92 Å². The minimum atomic E-state index is -0.338. The number of carbonyl (C=O) groups excluding carboxylic acids is 2. The predicted octanol–water partition coefficient (Wildman–Crippen LogP) is 2.54. The summed E-state index contributed by atoms with van der Waals surface area (Å²) in [6.45, 7) is 1.37. The molecule has 0 saturated carbocycles. The molecule has 2 rings (SSSR count). The number of esters is 2.